The molecule has 8 heteroatoms. The molecule has 2 heterocycles. The van der Waals surface area contributed by atoms with Gasteiger partial charge in [0, 0.05) is 6.54 Å². The Hall–Kier alpha value is -2.74. The van der Waals surface area contributed by atoms with Crippen LogP contribution in [0, 0.1) is 11.7 Å². The number of fused-ring (bicyclic) bond motifs is 1. The van der Waals surface area contributed by atoms with E-state index in [0.29, 0.717) is 10.2 Å². The van der Waals surface area contributed by atoms with E-state index in [4.69, 9.17) is 0 Å². The average Bonchev–Trinajstić information content (AvgIpc) is 3.07. The topological polar surface area (TPSA) is 73.1 Å². The van der Waals surface area contributed by atoms with Gasteiger partial charge in [0.15, 0.2) is 0 Å². The molecular weight excluding hydrogens is 357 g/mol. The van der Waals surface area contributed by atoms with Gasteiger partial charge < -0.3 is 5.32 Å². The van der Waals surface area contributed by atoms with Crippen LogP contribution in [0.1, 0.15) is 13.8 Å². The summed E-state index contributed by atoms with van der Waals surface area (Å²) in [5.74, 6) is -1.00. The minimum atomic E-state index is -0.557. The van der Waals surface area contributed by atoms with E-state index in [-0.39, 0.29) is 30.3 Å². The zero-order valence-electron chi connectivity index (χ0n) is 14.4. The Morgan fingerprint density at radius 1 is 1.19 bits per heavy atom. The Balaban J connectivity index is 2.00. The van der Waals surface area contributed by atoms with Gasteiger partial charge in [-0.05, 0) is 29.5 Å². The number of amides is 1. The van der Waals surface area contributed by atoms with Gasteiger partial charge in [-0.15, -0.1) is 11.3 Å². The van der Waals surface area contributed by atoms with Crippen molar-refractivity contribution in [3.05, 3.63) is 62.4 Å². The highest BCUT2D eigenvalue weighted by molar-refractivity contribution is 7.17. The highest BCUT2D eigenvalue weighted by Crippen LogP contribution is 2.16. The minimum absolute atomic E-state index is 0.0441. The van der Waals surface area contributed by atoms with Crippen LogP contribution in [0.25, 0.3) is 10.2 Å². The van der Waals surface area contributed by atoms with Crippen molar-refractivity contribution in [2.75, 3.05) is 5.32 Å². The number of anilines is 1. The van der Waals surface area contributed by atoms with Gasteiger partial charge in [0.1, 0.15) is 17.1 Å². The number of halogens is 1. The smallest absolute Gasteiger partial charge is 0.322 e. The fourth-order valence-electron chi connectivity index (χ4n) is 2.71. The van der Waals surface area contributed by atoms with E-state index in [0.717, 1.165) is 4.57 Å². The van der Waals surface area contributed by atoms with Crippen LogP contribution in [0.2, 0.25) is 0 Å². The van der Waals surface area contributed by atoms with Crippen LogP contribution in [-0.2, 0) is 17.9 Å². The van der Waals surface area contributed by atoms with Gasteiger partial charge >= 0.3 is 5.69 Å². The number of hydrogen-bond donors (Lipinski definition) is 1. The van der Waals surface area contributed by atoms with Crippen LogP contribution in [0.15, 0.2) is 45.3 Å². The van der Waals surface area contributed by atoms with Crippen molar-refractivity contribution < 1.29 is 9.18 Å². The van der Waals surface area contributed by atoms with Crippen LogP contribution in [0.4, 0.5) is 10.1 Å². The summed E-state index contributed by atoms with van der Waals surface area (Å²) in [7, 11) is 0. The second-order valence-electron chi connectivity index (χ2n) is 6.34. The van der Waals surface area contributed by atoms with Crippen LogP contribution in [0.3, 0.4) is 0 Å². The van der Waals surface area contributed by atoms with Crippen molar-refractivity contribution in [3.8, 4) is 0 Å². The summed E-state index contributed by atoms with van der Waals surface area (Å²) >= 11 is 1.23. The molecule has 3 aromatic rings. The van der Waals surface area contributed by atoms with Gasteiger partial charge in [-0.3, -0.25) is 18.7 Å². The lowest BCUT2D eigenvalue weighted by atomic mass is 10.2. The summed E-state index contributed by atoms with van der Waals surface area (Å²) < 4.78 is 16.5. The van der Waals surface area contributed by atoms with E-state index < -0.39 is 17.4 Å². The molecule has 136 valence electrons. The van der Waals surface area contributed by atoms with Crippen molar-refractivity contribution in [2.24, 2.45) is 5.92 Å². The Bertz CT molecular complexity index is 1080. The Morgan fingerprint density at radius 2 is 1.92 bits per heavy atom. The van der Waals surface area contributed by atoms with Crippen LogP contribution in [0.5, 0.6) is 0 Å². The number of hydrogen-bond acceptors (Lipinski definition) is 4. The molecule has 0 atom stereocenters. The van der Waals surface area contributed by atoms with Crippen molar-refractivity contribution in [1.29, 1.82) is 0 Å². The SMILES string of the molecule is CC(C)Cn1c(=O)c2sccc2n(CC(=O)Nc2ccccc2F)c1=O. The number of aromatic nitrogens is 2. The maximum atomic E-state index is 13.7. The molecule has 0 saturated heterocycles. The summed E-state index contributed by atoms with van der Waals surface area (Å²) in [4.78, 5) is 37.6. The van der Waals surface area contributed by atoms with E-state index >= 15 is 0 Å². The Morgan fingerprint density at radius 3 is 2.62 bits per heavy atom. The molecule has 1 N–H and O–H groups in total. The lowest BCUT2D eigenvalue weighted by Crippen LogP contribution is -2.42. The number of thiophene rings is 1. The molecule has 0 aliphatic rings. The van der Waals surface area contributed by atoms with Gasteiger partial charge in [-0.1, -0.05) is 26.0 Å². The molecule has 0 aliphatic carbocycles. The minimum Gasteiger partial charge on any atom is -0.322 e. The molecule has 1 aromatic carbocycles. The summed E-state index contributed by atoms with van der Waals surface area (Å²) in [6, 6.07) is 7.44. The van der Waals surface area contributed by atoms with Gasteiger partial charge in [0.2, 0.25) is 5.91 Å². The molecule has 6 nitrogen and oxygen atoms in total. The third-order valence-corrected chi connectivity index (χ3v) is 4.73. The van der Waals surface area contributed by atoms with E-state index in [2.05, 4.69) is 5.32 Å². The Labute approximate surface area is 152 Å². The van der Waals surface area contributed by atoms with Crippen molar-refractivity contribution in [1.82, 2.24) is 9.13 Å². The first-order chi connectivity index (χ1) is 12.4. The summed E-state index contributed by atoms with van der Waals surface area (Å²) in [6.07, 6.45) is 0. The molecule has 1 amide bonds. The highest BCUT2D eigenvalue weighted by Gasteiger charge is 2.17. The van der Waals surface area contributed by atoms with Gasteiger partial charge in [-0.2, -0.15) is 0 Å². The predicted octanol–water partition coefficient (Wildman–Crippen LogP) is 2.66. The summed E-state index contributed by atoms with van der Waals surface area (Å²) in [6.45, 7) is 3.76. The number of carbonyl (C=O) groups excluding carboxylic acids is 1. The first-order valence-electron chi connectivity index (χ1n) is 8.13. The number of rotatable bonds is 5. The molecule has 0 unspecified atom stereocenters. The maximum Gasteiger partial charge on any atom is 0.332 e. The largest absolute Gasteiger partial charge is 0.332 e. The number of nitrogens with one attached hydrogen (secondary N) is 1. The van der Waals surface area contributed by atoms with Gasteiger partial charge in [0.05, 0.1) is 11.2 Å². The molecule has 0 bridgehead atoms. The van der Waals surface area contributed by atoms with Crippen LogP contribution < -0.4 is 16.6 Å². The zero-order chi connectivity index (χ0) is 18.8. The lowest BCUT2D eigenvalue weighted by Gasteiger charge is -2.13. The normalized spacial score (nSPS) is 11.2. The fraction of sp³-hybridized carbons (Fsp3) is 0.278. The summed E-state index contributed by atoms with van der Waals surface area (Å²) in [5.41, 5.74) is -0.436. The molecule has 2 aromatic heterocycles. The average molecular weight is 375 g/mol. The first-order valence-corrected chi connectivity index (χ1v) is 9.01. The molecule has 0 aliphatic heterocycles. The maximum absolute atomic E-state index is 13.7. The highest BCUT2D eigenvalue weighted by atomic mass is 32.1. The third-order valence-electron chi connectivity index (χ3n) is 3.83. The fourth-order valence-corrected chi connectivity index (χ4v) is 3.55. The molecule has 0 fully saturated rings. The molecule has 3 rings (SSSR count). The summed E-state index contributed by atoms with van der Waals surface area (Å²) in [5, 5.41) is 4.16. The van der Waals surface area contributed by atoms with Crippen molar-refractivity contribution in [2.45, 2.75) is 26.9 Å². The molecular formula is C18H18FN3O3S. The Kier molecular flexibility index (Phi) is 5.03. The van der Waals surface area contributed by atoms with E-state index in [1.54, 1.807) is 17.5 Å². The first kappa shape index (κ1) is 18.1. The molecule has 0 radical (unpaired) electrons. The van der Waals surface area contributed by atoms with Gasteiger partial charge in [0.25, 0.3) is 5.56 Å². The standard InChI is InChI=1S/C18H18FN3O3S/c1-11(2)9-22-17(24)16-14(7-8-26-16)21(18(22)25)10-15(23)20-13-6-4-3-5-12(13)19/h3-8,11H,9-10H2,1-2H3,(H,20,23). The van der Waals surface area contributed by atoms with E-state index in [9.17, 15) is 18.8 Å². The van der Waals surface area contributed by atoms with E-state index in [1.807, 2.05) is 13.8 Å². The molecule has 26 heavy (non-hydrogen) atoms. The van der Waals surface area contributed by atoms with E-state index in [1.165, 1.54) is 34.1 Å². The zero-order valence-corrected chi connectivity index (χ0v) is 15.2. The second kappa shape index (κ2) is 7.25. The number of carbonyl (C=O) groups is 1. The molecule has 0 saturated carbocycles. The molecule has 0 spiro atoms. The van der Waals surface area contributed by atoms with Gasteiger partial charge in [-0.25, -0.2) is 9.18 Å². The third kappa shape index (κ3) is 3.45. The van der Waals surface area contributed by atoms with Crippen LogP contribution >= 0.6 is 11.3 Å². The second-order valence-corrected chi connectivity index (χ2v) is 7.26. The van der Waals surface area contributed by atoms with Crippen molar-refractivity contribution in [3.63, 3.8) is 0 Å². The number of para-hydroxylation sites is 1. The van der Waals surface area contributed by atoms with Crippen molar-refractivity contribution >= 4 is 33.1 Å². The monoisotopic (exact) mass is 375 g/mol. The van der Waals surface area contributed by atoms with Crippen LogP contribution in [-0.4, -0.2) is 15.0 Å². The number of benzene rings is 1. The predicted molar refractivity (Wildman–Crippen MR) is 100 cm³/mol. The quantitative estimate of drug-likeness (QED) is 0.745. The number of nitrogens with zero attached hydrogens (tertiary/aromatic N) is 2. The lowest BCUT2D eigenvalue weighted by molar-refractivity contribution is -0.116.